The van der Waals surface area contributed by atoms with Crippen LogP contribution in [0.1, 0.15) is 17.5 Å². The number of piperazine rings is 1. The molecule has 0 radical (unpaired) electrons. The molecule has 2 N–H and O–H groups in total. The molecule has 1 atom stereocenters. The van der Waals surface area contributed by atoms with Crippen LogP contribution in [0.25, 0.3) is 11.3 Å². The van der Waals surface area contributed by atoms with E-state index in [1.165, 1.54) is 12.1 Å². The lowest BCUT2D eigenvalue weighted by Gasteiger charge is -2.32. The molecule has 4 rings (SSSR count). The third-order valence-electron chi connectivity index (χ3n) is 5.53. The average molecular weight is 379 g/mol. The van der Waals surface area contributed by atoms with E-state index in [0.29, 0.717) is 6.04 Å². The molecule has 2 fully saturated rings. The van der Waals surface area contributed by atoms with E-state index in [9.17, 15) is 13.2 Å². The average Bonchev–Trinajstić information content (AvgIpc) is 3.32. The molecule has 1 aromatic heterocycles. The molecule has 1 aromatic carbocycles. The van der Waals surface area contributed by atoms with Crippen molar-refractivity contribution in [2.75, 3.05) is 39.3 Å². The Kier molecular flexibility index (Phi) is 5.21. The highest BCUT2D eigenvalue weighted by Crippen LogP contribution is 2.31. The molecule has 5 nitrogen and oxygen atoms in total. The van der Waals surface area contributed by atoms with Crippen molar-refractivity contribution in [2.45, 2.75) is 25.2 Å². The molecule has 2 aliphatic heterocycles. The summed E-state index contributed by atoms with van der Waals surface area (Å²) in [5.41, 5.74) is 1.92. The van der Waals surface area contributed by atoms with Crippen molar-refractivity contribution >= 4 is 0 Å². The van der Waals surface area contributed by atoms with E-state index in [0.717, 1.165) is 81.2 Å². The van der Waals surface area contributed by atoms with E-state index in [1.54, 1.807) is 6.20 Å². The van der Waals surface area contributed by atoms with Gasteiger partial charge in [0.15, 0.2) is 0 Å². The molecule has 146 valence electrons. The topological polar surface area (TPSA) is 47.2 Å². The van der Waals surface area contributed by atoms with E-state index >= 15 is 0 Å². The number of nitrogens with one attached hydrogen (secondary N) is 2. The summed E-state index contributed by atoms with van der Waals surface area (Å²) < 4.78 is 38.3. The molecule has 1 unspecified atom stereocenters. The van der Waals surface area contributed by atoms with Crippen LogP contribution in [0, 0.1) is 0 Å². The molecule has 2 aliphatic rings. The van der Waals surface area contributed by atoms with Crippen LogP contribution in [0.5, 0.6) is 0 Å². The number of rotatable bonds is 4. The molecule has 0 aliphatic carbocycles. The number of hydrogen-bond donors (Lipinski definition) is 2. The smallest absolute Gasteiger partial charge is 0.314 e. The van der Waals surface area contributed by atoms with E-state index in [4.69, 9.17) is 0 Å². The van der Waals surface area contributed by atoms with Gasteiger partial charge in [-0.2, -0.15) is 18.3 Å². The summed E-state index contributed by atoms with van der Waals surface area (Å²) in [6, 6.07) is 5.85. The van der Waals surface area contributed by atoms with Crippen molar-refractivity contribution in [1.29, 1.82) is 0 Å². The van der Waals surface area contributed by atoms with Gasteiger partial charge in [0.2, 0.25) is 0 Å². The van der Waals surface area contributed by atoms with Crippen molar-refractivity contribution in [3.8, 4) is 11.3 Å². The van der Waals surface area contributed by atoms with Crippen LogP contribution >= 0.6 is 0 Å². The monoisotopic (exact) mass is 379 g/mol. The van der Waals surface area contributed by atoms with Crippen molar-refractivity contribution in [2.24, 2.45) is 0 Å². The first-order valence-electron chi connectivity index (χ1n) is 9.38. The maximum Gasteiger partial charge on any atom is 0.416 e. The van der Waals surface area contributed by atoms with Gasteiger partial charge in [0.25, 0.3) is 0 Å². The third-order valence-corrected chi connectivity index (χ3v) is 5.53. The molecule has 0 bridgehead atoms. The number of hydrogen-bond acceptors (Lipinski definition) is 4. The molecule has 0 amide bonds. The van der Waals surface area contributed by atoms with Gasteiger partial charge < -0.3 is 5.32 Å². The Bertz CT molecular complexity index is 749. The normalized spacial score (nSPS) is 22.4. The molecule has 0 spiro atoms. The maximum absolute atomic E-state index is 12.8. The van der Waals surface area contributed by atoms with Crippen LogP contribution in [0.3, 0.4) is 0 Å². The summed E-state index contributed by atoms with van der Waals surface area (Å²) in [5, 5.41) is 10.5. The van der Waals surface area contributed by atoms with E-state index in [-0.39, 0.29) is 0 Å². The molecule has 8 heteroatoms. The zero-order chi connectivity index (χ0) is 18.9. The lowest BCUT2D eigenvalue weighted by atomic mass is 10.1. The van der Waals surface area contributed by atoms with E-state index in [1.807, 2.05) is 0 Å². The highest BCUT2D eigenvalue weighted by molar-refractivity contribution is 5.63. The number of likely N-dealkylation sites (tertiary alicyclic amines) is 1. The minimum absolute atomic E-state index is 0.591. The van der Waals surface area contributed by atoms with Gasteiger partial charge in [0.05, 0.1) is 17.5 Å². The molecule has 3 heterocycles. The van der Waals surface area contributed by atoms with Gasteiger partial charge in [-0.3, -0.25) is 14.9 Å². The third kappa shape index (κ3) is 4.17. The van der Waals surface area contributed by atoms with Crippen molar-refractivity contribution in [3.05, 3.63) is 41.6 Å². The first kappa shape index (κ1) is 18.5. The second-order valence-corrected chi connectivity index (χ2v) is 7.31. The number of nitrogens with zero attached hydrogens (tertiary/aromatic N) is 3. The Balaban J connectivity index is 1.42. The second-order valence-electron chi connectivity index (χ2n) is 7.31. The van der Waals surface area contributed by atoms with Crippen LogP contribution in [-0.2, 0) is 12.7 Å². The summed E-state index contributed by atoms with van der Waals surface area (Å²) in [5.74, 6) is 0. The second kappa shape index (κ2) is 7.61. The molecule has 2 saturated heterocycles. The molecule has 0 saturated carbocycles. The summed E-state index contributed by atoms with van der Waals surface area (Å²) in [4.78, 5) is 4.97. The SMILES string of the molecule is FC(F)(F)c1ccc(-c2[nH]ncc2CN2CCC(N3CCNCC3)C2)cc1. The van der Waals surface area contributed by atoms with Gasteiger partial charge in [0, 0.05) is 57.4 Å². The summed E-state index contributed by atoms with van der Waals surface area (Å²) in [6.07, 6.45) is -1.37. The number of halogens is 3. The number of aromatic nitrogens is 2. The van der Waals surface area contributed by atoms with Gasteiger partial charge in [-0.1, -0.05) is 12.1 Å². The predicted molar refractivity (Wildman–Crippen MR) is 97.2 cm³/mol. The Hall–Kier alpha value is -1.90. The first-order valence-corrected chi connectivity index (χ1v) is 9.38. The lowest BCUT2D eigenvalue weighted by Crippen LogP contribution is -2.49. The molecule has 27 heavy (non-hydrogen) atoms. The fraction of sp³-hybridized carbons (Fsp3) is 0.526. The molecular weight excluding hydrogens is 355 g/mol. The highest BCUT2D eigenvalue weighted by atomic mass is 19.4. The number of aromatic amines is 1. The largest absolute Gasteiger partial charge is 0.416 e. The van der Waals surface area contributed by atoms with Crippen LogP contribution in [-0.4, -0.2) is 65.3 Å². The van der Waals surface area contributed by atoms with E-state index < -0.39 is 11.7 Å². The van der Waals surface area contributed by atoms with E-state index in [2.05, 4.69) is 25.3 Å². The van der Waals surface area contributed by atoms with Crippen molar-refractivity contribution in [1.82, 2.24) is 25.3 Å². The number of benzene rings is 1. The minimum atomic E-state index is -4.32. The van der Waals surface area contributed by atoms with Gasteiger partial charge >= 0.3 is 6.18 Å². The molecular formula is C19H24F3N5. The first-order chi connectivity index (χ1) is 13.0. The summed E-state index contributed by atoms with van der Waals surface area (Å²) in [7, 11) is 0. The van der Waals surface area contributed by atoms with Gasteiger partial charge in [-0.05, 0) is 24.1 Å². The number of alkyl halides is 3. The predicted octanol–water partition coefficient (Wildman–Crippen LogP) is 2.58. The quantitative estimate of drug-likeness (QED) is 0.857. The van der Waals surface area contributed by atoms with Crippen LogP contribution in [0.15, 0.2) is 30.5 Å². The van der Waals surface area contributed by atoms with Gasteiger partial charge in [-0.25, -0.2) is 0 Å². The van der Waals surface area contributed by atoms with Crippen molar-refractivity contribution in [3.63, 3.8) is 0 Å². The minimum Gasteiger partial charge on any atom is -0.314 e. The van der Waals surface area contributed by atoms with Crippen LogP contribution in [0.2, 0.25) is 0 Å². The Morgan fingerprint density at radius 2 is 1.81 bits per heavy atom. The highest BCUT2D eigenvalue weighted by Gasteiger charge is 2.31. The molecule has 2 aromatic rings. The number of H-pyrrole nitrogens is 1. The summed E-state index contributed by atoms with van der Waals surface area (Å²) in [6.45, 7) is 7.12. The fourth-order valence-corrected chi connectivity index (χ4v) is 4.05. The Labute approximate surface area is 156 Å². The zero-order valence-corrected chi connectivity index (χ0v) is 15.1. The standard InChI is InChI=1S/C19H24F3N5/c20-19(21,22)16-3-1-14(2-4-16)18-15(11-24-25-18)12-26-8-5-17(13-26)27-9-6-23-7-10-27/h1-4,11,17,23H,5-10,12-13H2,(H,24,25). The fourth-order valence-electron chi connectivity index (χ4n) is 4.05. The van der Waals surface area contributed by atoms with Crippen LogP contribution < -0.4 is 5.32 Å². The zero-order valence-electron chi connectivity index (χ0n) is 15.1. The van der Waals surface area contributed by atoms with Gasteiger partial charge in [0.1, 0.15) is 0 Å². The van der Waals surface area contributed by atoms with Gasteiger partial charge in [-0.15, -0.1) is 0 Å². The Morgan fingerprint density at radius 1 is 1.07 bits per heavy atom. The lowest BCUT2D eigenvalue weighted by molar-refractivity contribution is -0.137. The summed E-state index contributed by atoms with van der Waals surface area (Å²) >= 11 is 0. The van der Waals surface area contributed by atoms with Crippen molar-refractivity contribution < 1.29 is 13.2 Å². The Morgan fingerprint density at radius 3 is 2.52 bits per heavy atom. The maximum atomic E-state index is 12.8. The van der Waals surface area contributed by atoms with Crippen LogP contribution in [0.4, 0.5) is 13.2 Å².